The number of aryl methyl sites for hydroxylation is 1. The Labute approximate surface area is 193 Å². The van der Waals surface area contributed by atoms with Gasteiger partial charge in [-0.05, 0) is 64.4 Å². The van der Waals surface area contributed by atoms with Gasteiger partial charge in [-0.2, -0.15) is 0 Å². The number of halogens is 2. The molecule has 2 aliphatic rings. The van der Waals surface area contributed by atoms with Crippen molar-refractivity contribution in [3.8, 4) is 0 Å². The van der Waals surface area contributed by atoms with E-state index >= 15 is 4.39 Å². The lowest BCUT2D eigenvalue weighted by molar-refractivity contribution is 0.0552. The van der Waals surface area contributed by atoms with E-state index in [4.69, 9.17) is 9.72 Å². The van der Waals surface area contributed by atoms with Crippen molar-refractivity contribution in [2.24, 2.45) is 5.92 Å². The van der Waals surface area contributed by atoms with Crippen molar-refractivity contribution in [3.05, 3.63) is 75.6 Å². The quantitative estimate of drug-likeness (QED) is 0.340. The van der Waals surface area contributed by atoms with Gasteiger partial charge in [-0.3, -0.25) is 9.78 Å². The molecule has 1 aliphatic carbocycles. The standard InChI is InChI=1S/C26H22BrFN2O2/c27-17-12-21-24(29-14-17)19-13-20(28)23-18(6-7-22(23)31)26(19)30(21)25(15-4-2-1-3-5-15)16-8-10-32-11-9-16/h1-5,12-14,16,25H,6-11H2. The second-order valence-electron chi connectivity index (χ2n) is 8.73. The Morgan fingerprint density at radius 2 is 1.91 bits per heavy atom. The molecule has 1 unspecified atom stereocenters. The molecule has 2 aromatic carbocycles. The van der Waals surface area contributed by atoms with Crippen LogP contribution in [0.4, 0.5) is 4.39 Å². The van der Waals surface area contributed by atoms with Gasteiger partial charge < -0.3 is 9.30 Å². The predicted octanol–water partition coefficient (Wildman–Crippen LogP) is 6.24. The molecule has 162 valence electrons. The van der Waals surface area contributed by atoms with Gasteiger partial charge in [-0.25, -0.2) is 4.39 Å². The highest BCUT2D eigenvalue weighted by Gasteiger charge is 2.34. The number of Topliss-reactive ketones (excluding diaryl/α,β-unsaturated/α-hetero) is 1. The summed E-state index contributed by atoms with van der Waals surface area (Å²) < 4.78 is 24.0. The van der Waals surface area contributed by atoms with E-state index in [1.165, 1.54) is 11.6 Å². The number of carbonyl (C=O) groups is 1. The third kappa shape index (κ3) is 3.04. The molecular weight excluding hydrogens is 471 g/mol. The minimum absolute atomic E-state index is 0.0430. The van der Waals surface area contributed by atoms with Gasteiger partial charge >= 0.3 is 0 Å². The first kappa shape index (κ1) is 20.1. The van der Waals surface area contributed by atoms with Gasteiger partial charge in [0, 0.05) is 35.7 Å². The van der Waals surface area contributed by atoms with Crippen LogP contribution in [-0.4, -0.2) is 28.5 Å². The Balaban J connectivity index is 1.74. The molecule has 1 fully saturated rings. The second kappa shape index (κ2) is 7.78. The number of hydrogen-bond acceptors (Lipinski definition) is 3. The summed E-state index contributed by atoms with van der Waals surface area (Å²) in [6.07, 6.45) is 4.58. The van der Waals surface area contributed by atoms with Crippen molar-refractivity contribution in [2.45, 2.75) is 31.7 Å². The fourth-order valence-corrected chi connectivity index (χ4v) is 5.92. The van der Waals surface area contributed by atoms with Crippen molar-refractivity contribution in [3.63, 3.8) is 0 Å². The number of ketones is 1. The largest absolute Gasteiger partial charge is 0.381 e. The number of hydrogen-bond donors (Lipinski definition) is 0. The molecule has 2 aromatic heterocycles. The predicted molar refractivity (Wildman–Crippen MR) is 126 cm³/mol. The highest BCUT2D eigenvalue weighted by molar-refractivity contribution is 9.10. The van der Waals surface area contributed by atoms with E-state index in [-0.39, 0.29) is 17.4 Å². The van der Waals surface area contributed by atoms with Crippen LogP contribution in [0.1, 0.15) is 46.8 Å². The minimum Gasteiger partial charge on any atom is -0.381 e. The topological polar surface area (TPSA) is 44.1 Å². The smallest absolute Gasteiger partial charge is 0.166 e. The van der Waals surface area contributed by atoms with E-state index < -0.39 is 5.82 Å². The van der Waals surface area contributed by atoms with Gasteiger partial charge in [-0.1, -0.05) is 30.3 Å². The van der Waals surface area contributed by atoms with E-state index in [0.717, 1.165) is 58.0 Å². The van der Waals surface area contributed by atoms with Crippen molar-refractivity contribution in [1.29, 1.82) is 0 Å². The highest BCUT2D eigenvalue weighted by Crippen LogP contribution is 2.44. The Kier molecular flexibility index (Phi) is 4.88. The number of ether oxygens (including phenoxy) is 1. The van der Waals surface area contributed by atoms with Gasteiger partial charge in [0.1, 0.15) is 5.82 Å². The molecule has 4 aromatic rings. The molecule has 1 atom stereocenters. The van der Waals surface area contributed by atoms with Crippen molar-refractivity contribution in [2.75, 3.05) is 13.2 Å². The van der Waals surface area contributed by atoms with Crippen molar-refractivity contribution in [1.82, 2.24) is 9.55 Å². The Bertz CT molecular complexity index is 1360. The number of nitrogens with zero attached hydrogens (tertiary/aromatic N) is 2. The van der Waals surface area contributed by atoms with E-state index in [1.807, 2.05) is 6.07 Å². The van der Waals surface area contributed by atoms with Crippen LogP contribution in [0.15, 0.2) is 53.1 Å². The normalized spacial score (nSPS) is 17.9. The lowest BCUT2D eigenvalue weighted by atomic mass is 9.86. The summed E-state index contributed by atoms with van der Waals surface area (Å²) in [5.74, 6) is -0.171. The van der Waals surface area contributed by atoms with Crippen LogP contribution in [0.2, 0.25) is 0 Å². The Hall–Kier alpha value is -2.57. The van der Waals surface area contributed by atoms with Crippen molar-refractivity contribution >= 4 is 43.6 Å². The first-order valence-corrected chi connectivity index (χ1v) is 11.9. The SMILES string of the molecule is O=C1CCc2c1c(F)cc1c3ncc(Br)cc3n(C(c3ccccc3)C3CCOCC3)c21. The third-order valence-corrected chi connectivity index (χ3v) is 7.39. The van der Waals surface area contributed by atoms with Crippen LogP contribution in [0.5, 0.6) is 0 Å². The molecule has 0 radical (unpaired) electrons. The zero-order valence-electron chi connectivity index (χ0n) is 17.5. The van der Waals surface area contributed by atoms with E-state index in [1.54, 1.807) is 6.20 Å². The molecular formula is C26H22BrFN2O2. The van der Waals surface area contributed by atoms with Gasteiger partial charge in [-0.15, -0.1) is 0 Å². The molecule has 1 saturated heterocycles. The third-order valence-electron chi connectivity index (χ3n) is 6.96. The number of pyridine rings is 1. The average Bonchev–Trinajstić information content (AvgIpc) is 3.34. The molecule has 3 heterocycles. The molecule has 1 aliphatic heterocycles. The first-order chi connectivity index (χ1) is 15.6. The van der Waals surface area contributed by atoms with Gasteiger partial charge in [0.15, 0.2) is 5.78 Å². The average molecular weight is 493 g/mol. The lowest BCUT2D eigenvalue weighted by Gasteiger charge is -2.33. The Morgan fingerprint density at radius 3 is 2.69 bits per heavy atom. The summed E-state index contributed by atoms with van der Waals surface area (Å²) in [4.78, 5) is 17.3. The number of fused-ring (bicyclic) bond motifs is 5. The summed E-state index contributed by atoms with van der Waals surface area (Å²) in [6, 6.07) is 14.1. The monoisotopic (exact) mass is 492 g/mol. The number of benzene rings is 2. The molecule has 32 heavy (non-hydrogen) atoms. The number of aromatic nitrogens is 2. The number of carbonyl (C=O) groups excluding carboxylic acids is 1. The minimum atomic E-state index is -0.430. The molecule has 0 saturated carbocycles. The summed E-state index contributed by atoms with van der Waals surface area (Å²) in [7, 11) is 0. The van der Waals surface area contributed by atoms with Gasteiger partial charge in [0.25, 0.3) is 0 Å². The van der Waals surface area contributed by atoms with Crippen LogP contribution in [-0.2, 0) is 11.2 Å². The number of rotatable bonds is 3. The highest BCUT2D eigenvalue weighted by atomic mass is 79.9. The zero-order chi connectivity index (χ0) is 21.8. The fourth-order valence-electron chi connectivity index (χ4n) is 5.60. The van der Waals surface area contributed by atoms with Gasteiger partial charge in [0.05, 0.1) is 28.2 Å². The van der Waals surface area contributed by atoms with E-state index in [2.05, 4.69) is 50.8 Å². The summed E-state index contributed by atoms with van der Waals surface area (Å²) in [6.45, 7) is 1.47. The fraction of sp³-hybridized carbons (Fsp3) is 0.308. The lowest BCUT2D eigenvalue weighted by Crippen LogP contribution is -2.27. The van der Waals surface area contributed by atoms with Crippen molar-refractivity contribution < 1.29 is 13.9 Å². The maximum Gasteiger partial charge on any atom is 0.166 e. The summed E-state index contributed by atoms with van der Waals surface area (Å²) in [5.41, 5.74) is 4.99. The molecule has 6 heteroatoms. The van der Waals surface area contributed by atoms with Crippen LogP contribution in [0, 0.1) is 11.7 Å². The molecule has 0 spiro atoms. The van der Waals surface area contributed by atoms with E-state index in [0.29, 0.717) is 18.8 Å². The summed E-state index contributed by atoms with van der Waals surface area (Å²) in [5, 5.41) is 0.784. The van der Waals surface area contributed by atoms with E-state index in [9.17, 15) is 4.79 Å². The molecule has 4 nitrogen and oxygen atoms in total. The van der Waals surface area contributed by atoms with Crippen LogP contribution in [0.3, 0.4) is 0 Å². The molecule has 0 N–H and O–H groups in total. The van der Waals surface area contributed by atoms with Crippen LogP contribution in [0.25, 0.3) is 21.9 Å². The molecule has 6 rings (SSSR count). The maximum absolute atomic E-state index is 15.1. The molecule has 0 bridgehead atoms. The zero-order valence-corrected chi connectivity index (χ0v) is 19.1. The first-order valence-electron chi connectivity index (χ1n) is 11.1. The molecule has 0 amide bonds. The van der Waals surface area contributed by atoms with Gasteiger partial charge in [0.2, 0.25) is 0 Å². The van der Waals surface area contributed by atoms with Crippen LogP contribution < -0.4 is 0 Å². The second-order valence-corrected chi connectivity index (χ2v) is 9.64. The maximum atomic E-state index is 15.1. The van der Waals surface area contributed by atoms with Crippen LogP contribution >= 0.6 is 15.9 Å². The summed E-state index contributed by atoms with van der Waals surface area (Å²) >= 11 is 3.59. The Morgan fingerprint density at radius 1 is 1.12 bits per heavy atom.